The Morgan fingerprint density at radius 1 is 1.17 bits per heavy atom. The summed E-state index contributed by atoms with van der Waals surface area (Å²) in [6.07, 6.45) is 2.45. The van der Waals surface area contributed by atoms with Crippen LogP contribution in [0.15, 0.2) is 46.9 Å². The minimum absolute atomic E-state index is 0.439. The number of hydrogen-bond acceptors (Lipinski definition) is 2. The Bertz CT molecular complexity index is 716. The van der Waals surface area contributed by atoms with Gasteiger partial charge in [0.1, 0.15) is 17.3 Å². The minimum atomic E-state index is 0.439. The van der Waals surface area contributed by atoms with Crippen LogP contribution in [0.4, 0.5) is 0 Å². The Hall–Kier alpha value is -1.10. The number of benzene rings is 2. The fourth-order valence-electron chi connectivity index (χ4n) is 2.62. The van der Waals surface area contributed by atoms with Gasteiger partial charge in [-0.05, 0) is 53.0 Å². The molecular weight excluding hydrogens is 394 g/mol. The van der Waals surface area contributed by atoms with E-state index in [0.717, 1.165) is 44.4 Å². The largest absolute Gasteiger partial charge is 0.488 e. The highest BCUT2D eigenvalue weighted by atomic mass is 79.9. The molecule has 0 saturated carbocycles. The lowest BCUT2D eigenvalue weighted by Crippen LogP contribution is -2.26. The van der Waals surface area contributed by atoms with Crippen LogP contribution in [0.5, 0.6) is 5.75 Å². The van der Waals surface area contributed by atoms with Crippen LogP contribution in [0.25, 0.3) is 0 Å². The molecule has 0 aliphatic carbocycles. The van der Waals surface area contributed by atoms with Crippen molar-refractivity contribution in [2.45, 2.75) is 19.4 Å². The number of halogens is 2. The molecule has 2 aromatic rings. The lowest BCUT2D eigenvalue weighted by atomic mass is 10.2. The number of hydrogen-bond donors (Lipinski definition) is 0. The van der Waals surface area contributed by atoms with Crippen LogP contribution in [-0.4, -0.2) is 23.0 Å². The standard InChI is InChI=1S/C18H17BrClNOS/c19-15-11-13(18(23)21-9-3-4-10-21)7-8-17(15)22-12-14-5-1-2-6-16(14)20/h1-2,5-8,11H,3-4,9-10,12H2. The van der Waals surface area contributed by atoms with Crippen LogP contribution in [0.2, 0.25) is 5.02 Å². The van der Waals surface area contributed by atoms with Gasteiger partial charge in [0, 0.05) is 29.2 Å². The molecule has 0 aromatic heterocycles. The third kappa shape index (κ3) is 4.06. The normalized spacial score (nSPS) is 14.1. The molecule has 2 aromatic carbocycles. The van der Waals surface area contributed by atoms with E-state index in [-0.39, 0.29) is 0 Å². The van der Waals surface area contributed by atoms with Gasteiger partial charge in [0.2, 0.25) is 0 Å². The van der Waals surface area contributed by atoms with Crippen molar-refractivity contribution in [3.05, 3.63) is 63.1 Å². The zero-order valence-corrected chi connectivity index (χ0v) is 15.8. The highest BCUT2D eigenvalue weighted by Crippen LogP contribution is 2.29. The maximum atomic E-state index is 6.16. The number of ether oxygens (including phenoxy) is 1. The van der Waals surface area contributed by atoms with Gasteiger partial charge in [-0.3, -0.25) is 0 Å². The van der Waals surface area contributed by atoms with Gasteiger partial charge in [0.25, 0.3) is 0 Å². The second-order valence-electron chi connectivity index (χ2n) is 5.52. The van der Waals surface area contributed by atoms with Crippen molar-refractivity contribution >= 4 is 44.7 Å². The smallest absolute Gasteiger partial charge is 0.134 e. The molecular formula is C18H17BrClNOS. The highest BCUT2D eigenvalue weighted by Gasteiger charge is 2.17. The van der Waals surface area contributed by atoms with E-state index in [1.165, 1.54) is 12.8 Å². The molecule has 120 valence electrons. The van der Waals surface area contributed by atoms with Crippen molar-refractivity contribution < 1.29 is 4.74 Å². The third-order valence-corrected chi connectivity index (χ3v) is 5.40. The van der Waals surface area contributed by atoms with Crippen molar-refractivity contribution in [3.63, 3.8) is 0 Å². The molecule has 1 saturated heterocycles. The van der Waals surface area contributed by atoms with E-state index in [9.17, 15) is 0 Å². The van der Waals surface area contributed by atoms with E-state index in [1.54, 1.807) is 0 Å². The van der Waals surface area contributed by atoms with Crippen molar-refractivity contribution in [2.75, 3.05) is 13.1 Å². The first kappa shape index (κ1) is 16.7. The van der Waals surface area contributed by atoms with Crippen LogP contribution in [-0.2, 0) is 6.61 Å². The van der Waals surface area contributed by atoms with Crippen molar-refractivity contribution in [1.82, 2.24) is 4.90 Å². The predicted molar refractivity (Wildman–Crippen MR) is 102 cm³/mol. The molecule has 0 N–H and O–H groups in total. The van der Waals surface area contributed by atoms with Crippen molar-refractivity contribution in [3.8, 4) is 5.75 Å². The molecule has 0 bridgehead atoms. The summed E-state index contributed by atoms with van der Waals surface area (Å²) in [5.74, 6) is 0.790. The van der Waals surface area contributed by atoms with Crippen LogP contribution in [0, 0.1) is 0 Å². The molecule has 0 radical (unpaired) electrons. The number of rotatable bonds is 4. The fourth-order valence-corrected chi connectivity index (χ4v) is 3.62. The van der Waals surface area contributed by atoms with Gasteiger partial charge in [0.15, 0.2) is 0 Å². The van der Waals surface area contributed by atoms with Gasteiger partial charge in [0.05, 0.1) is 4.47 Å². The van der Waals surface area contributed by atoms with Crippen LogP contribution < -0.4 is 4.74 Å². The second kappa shape index (κ2) is 7.65. The van der Waals surface area contributed by atoms with E-state index in [0.29, 0.717) is 6.61 Å². The lowest BCUT2D eigenvalue weighted by Gasteiger charge is -2.19. The molecule has 0 unspecified atom stereocenters. The Morgan fingerprint density at radius 3 is 2.61 bits per heavy atom. The minimum Gasteiger partial charge on any atom is -0.488 e. The first-order chi connectivity index (χ1) is 11.1. The molecule has 2 nitrogen and oxygen atoms in total. The summed E-state index contributed by atoms with van der Waals surface area (Å²) in [5, 5.41) is 0.718. The van der Waals surface area contributed by atoms with Gasteiger partial charge in [-0.1, -0.05) is 42.0 Å². The quantitative estimate of drug-likeness (QED) is 0.622. The first-order valence-corrected chi connectivity index (χ1v) is 9.18. The maximum absolute atomic E-state index is 6.16. The van der Waals surface area contributed by atoms with E-state index in [1.807, 2.05) is 42.5 Å². The fraction of sp³-hybridized carbons (Fsp3) is 0.278. The lowest BCUT2D eigenvalue weighted by molar-refractivity contribution is 0.304. The monoisotopic (exact) mass is 409 g/mol. The molecule has 0 amide bonds. The average Bonchev–Trinajstić information content (AvgIpc) is 3.09. The summed E-state index contributed by atoms with van der Waals surface area (Å²) in [5.41, 5.74) is 2.02. The first-order valence-electron chi connectivity index (χ1n) is 7.60. The summed E-state index contributed by atoms with van der Waals surface area (Å²) in [4.78, 5) is 3.18. The van der Waals surface area contributed by atoms with Gasteiger partial charge >= 0.3 is 0 Å². The van der Waals surface area contributed by atoms with Gasteiger partial charge < -0.3 is 9.64 Å². The zero-order chi connectivity index (χ0) is 16.2. The van der Waals surface area contributed by atoms with E-state index < -0.39 is 0 Å². The maximum Gasteiger partial charge on any atom is 0.134 e. The Morgan fingerprint density at radius 2 is 1.91 bits per heavy atom. The zero-order valence-electron chi connectivity index (χ0n) is 12.6. The second-order valence-corrected chi connectivity index (χ2v) is 7.17. The van der Waals surface area contributed by atoms with Crippen LogP contribution in [0.3, 0.4) is 0 Å². The van der Waals surface area contributed by atoms with Gasteiger partial charge in [-0.15, -0.1) is 0 Å². The van der Waals surface area contributed by atoms with Gasteiger partial charge in [-0.25, -0.2) is 0 Å². The summed E-state index contributed by atoms with van der Waals surface area (Å²) in [6, 6.07) is 13.7. The summed E-state index contributed by atoms with van der Waals surface area (Å²) in [6.45, 7) is 2.55. The van der Waals surface area contributed by atoms with Crippen molar-refractivity contribution in [1.29, 1.82) is 0 Å². The van der Waals surface area contributed by atoms with Crippen LogP contribution >= 0.6 is 39.7 Å². The topological polar surface area (TPSA) is 12.5 Å². The summed E-state index contributed by atoms with van der Waals surface area (Å²) < 4.78 is 6.78. The molecule has 0 spiro atoms. The molecule has 1 fully saturated rings. The van der Waals surface area contributed by atoms with Gasteiger partial charge in [-0.2, -0.15) is 0 Å². The molecule has 5 heteroatoms. The summed E-state index contributed by atoms with van der Waals surface area (Å²) in [7, 11) is 0. The number of nitrogens with zero attached hydrogens (tertiary/aromatic N) is 1. The molecule has 1 aliphatic rings. The number of likely N-dealkylation sites (tertiary alicyclic amines) is 1. The molecule has 1 heterocycles. The molecule has 0 atom stereocenters. The number of thiocarbonyl (C=S) groups is 1. The average molecular weight is 411 g/mol. The summed E-state index contributed by atoms with van der Waals surface area (Å²) >= 11 is 15.3. The molecule has 23 heavy (non-hydrogen) atoms. The Kier molecular flexibility index (Phi) is 5.57. The Labute approximate surface area is 155 Å². The SMILES string of the molecule is S=C(c1ccc(OCc2ccccc2Cl)c(Br)c1)N1CCCC1. The molecule has 3 rings (SSSR count). The van der Waals surface area contributed by atoms with E-state index >= 15 is 0 Å². The van der Waals surface area contributed by atoms with E-state index in [4.69, 9.17) is 28.6 Å². The third-order valence-electron chi connectivity index (χ3n) is 3.91. The highest BCUT2D eigenvalue weighted by molar-refractivity contribution is 9.10. The van der Waals surface area contributed by atoms with Crippen molar-refractivity contribution in [2.24, 2.45) is 0 Å². The van der Waals surface area contributed by atoms with Crippen LogP contribution in [0.1, 0.15) is 24.0 Å². The Balaban J connectivity index is 1.69. The predicted octanol–water partition coefficient (Wildman–Crippen LogP) is 5.45. The molecule has 1 aliphatic heterocycles. The van der Waals surface area contributed by atoms with E-state index in [2.05, 4.69) is 20.8 Å².